The number of anilines is 1. The molecular weight excluding hydrogens is 366 g/mol. The van der Waals surface area contributed by atoms with Gasteiger partial charge in [0.1, 0.15) is 0 Å². The van der Waals surface area contributed by atoms with E-state index in [9.17, 15) is 9.59 Å². The summed E-state index contributed by atoms with van der Waals surface area (Å²) in [5.41, 5.74) is 7.13. The van der Waals surface area contributed by atoms with E-state index < -0.39 is 6.04 Å². The van der Waals surface area contributed by atoms with Crippen LogP contribution in [0.2, 0.25) is 5.02 Å². The van der Waals surface area contributed by atoms with Gasteiger partial charge in [-0.05, 0) is 63.1 Å². The summed E-state index contributed by atoms with van der Waals surface area (Å²) in [7, 11) is 0. The molecule has 0 aliphatic carbocycles. The molecule has 2 saturated heterocycles. The first-order chi connectivity index (χ1) is 13.0. The van der Waals surface area contributed by atoms with E-state index in [2.05, 4.69) is 12.2 Å². The molecule has 2 fully saturated rings. The number of benzene rings is 1. The number of likely N-dealkylation sites (tertiary alicyclic amines) is 1. The highest BCUT2D eigenvalue weighted by Gasteiger charge is 2.28. The molecule has 3 rings (SSSR count). The third kappa shape index (κ3) is 4.81. The van der Waals surface area contributed by atoms with Crippen LogP contribution in [0.15, 0.2) is 18.2 Å². The average molecular weight is 394 g/mol. The van der Waals surface area contributed by atoms with Crippen molar-refractivity contribution >= 4 is 29.1 Å². The number of nitrogens with two attached hydrogens (primary N) is 1. The van der Waals surface area contributed by atoms with Crippen LogP contribution >= 0.6 is 11.6 Å². The summed E-state index contributed by atoms with van der Waals surface area (Å²) in [5, 5.41) is 3.16. The molecule has 0 aromatic heterocycles. The van der Waals surface area contributed by atoms with E-state index in [4.69, 9.17) is 22.1 Å². The highest BCUT2D eigenvalue weighted by atomic mass is 35.5. The summed E-state index contributed by atoms with van der Waals surface area (Å²) in [6, 6.07) is 4.66. The summed E-state index contributed by atoms with van der Waals surface area (Å²) < 4.78 is 5.32. The molecule has 6 nitrogen and oxygen atoms in total. The molecule has 3 N–H and O–H groups in total. The normalized spacial score (nSPS) is 22.3. The van der Waals surface area contributed by atoms with E-state index in [0.29, 0.717) is 29.5 Å². The van der Waals surface area contributed by atoms with Gasteiger partial charge in [-0.3, -0.25) is 9.59 Å². The van der Waals surface area contributed by atoms with Gasteiger partial charge >= 0.3 is 0 Å². The first-order valence-corrected chi connectivity index (χ1v) is 10.1. The highest BCUT2D eigenvalue weighted by Crippen LogP contribution is 2.26. The number of hydrogen-bond donors (Lipinski definition) is 2. The third-order valence-corrected chi connectivity index (χ3v) is 5.92. The molecular formula is C20H28ClN3O3. The fourth-order valence-corrected chi connectivity index (χ4v) is 4.10. The smallest absolute Gasteiger partial charge is 0.255 e. The van der Waals surface area contributed by atoms with Crippen molar-refractivity contribution in [3.63, 3.8) is 0 Å². The number of nitrogens with one attached hydrogen (secondary N) is 1. The first kappa shape index (κ1) is 20.1. The lowest BCUT2D eigenvalue weighted by molar-refractivity contribution is -0.119. The van der Waals surface area contributed by atoms with Gasteiger partial charge in [-0.2, -0.15) is 0 Å². The lowest BCUT2D eigenvalue weighted by atomic mass is 9.92. The van der Waals surface area contributed by atoms with E-state index in [1.165, 1.54) is 0 Å². The van der Waals surface area contributed by atoms with Crippen LogP contribution in [0.25, 0.3) is 0 Å². The van der Waals surface area contributed by atoms with Crippen LogP contribution in [0.5, 0.6) is 0 Å². The Morgan fingerprint density at radius 3 is 2.67 bits per heavy atom. The number of carbonyl (C=O) groups is 2. The molecule has 2 heterocycles. The van der Waals surface area contributed by atoms with Crippen molar-refractivity contribution in [3.05, 3.63) is 28.8 Å². The Hall–Kier alpha value is -1.63. The fourth-order valence-electron chi connectivity index (χ4n) is 3.84. The maximum atomic E-state index is 12.8. The Morgan fingerprint density at radius 1 is 1.26 bits per heavy atom. The highest BCUT2D eigenvalue weighted by molar-refractivity contribution is 6.34. The largest absolute Gasteiger partial charge is 0.381 e. The molecule has 0 bridgehead atoms. The van der Waals surface area contributed by atoms with Crippen molar-refractivity contribution in [2.75, 3.05) is 25.1 Å². The number of ether oxygens (including phenoxy) is 1. The van der Waals surface area contributed by atoms with E-state index in [1.54, 1.807) is 18.2 Å². The topological polar surface area (TPSA) is 84.7 Å². The molecule has 2 unspecified atom stereocenters. The second kappa shape index (κ2) is 9.04. The molecule has 2 amide bonds. The van der Waals surface area contributed by atoms with Crippen LogP contribution < -0.4 is 11.1 Å². The average Bonchev–Trinajstić information content (AvgIpc) is 2.68. The number of rotatable bonds is 4. The monoisotopic (exact) mass is 393 g/mol. The zero-order chi connectivity index (χ0) is 19.4. The van der Waals surface area contributed by atoms with Gasteiger partial charge in [0.05, 0.1) is 16.6 Å². The van der Waals surface area contributed by atoms with E-state index >= 15 is 0 Å². The molecule has 0 spiro atoms. The molecule has 2 aliphatic heterocycles. The second-order valence-corrected chi connectivity index (χ2v) is 7.91. The minimum absolute atomic E-state index is 0.0519. The number of hydrogen-bond acceptors (Lipinski definition) is 4. The van der Waals surface area contributed by atoms with E-state index in [-0.39, 0.29) is 23.8 Å². The number of amides is 2. The summed E-state index contributed by atoms with van der Waals surface area (Å²) in [6.07, 6.45) is 4.76. The zero-order valence-corrected chi connectivity index (χ0v) is 16.5. The molecule has 7 heteroatoms. The molecule has 1 aromatic carbocycles. The van der Waals surface area contributed by atoms with Crippen molar-refractivity contribution in [3.8, 4) is 0 Å². The summed E-state index contributed by atoms with van der Waals surface area (Å²) in [5.74, 6) is -0.165. The van der Waals surface area contributed by atoms with Crippen LogP contribution in [0.3, 0.4) is 0 Å². The fraction of sp³-hybridized carbons (Fsp3) is 0.600. The summed E-state index contributed by atoms with van der Waals surface area (Å²) in [6.45, 7) is 4.11. The van der Waals surface area contributed by atoms with Gasteiger partial charge < -0.3 is 20.7 Å². The Morgan fingerprint density at radius 2 is 2.00 bits per heavy atom. The van der Waals surface area contributed by atoms with Crippen LogP contribution in [0, 0.1) is 5.92 Å². The van der Waals surface area contributed by atoms with Gasteiger partial charge in [-0.25, -0.2) is 0 Å². The second-order valence-electron chi connectivity index (χ2n) is 7.50. The van der Waals surface area contributed by atoms with Gasteiger partial charge in [0.25, 0.3) is 5.91 Å². The van der Waals surface area contributed by atoms with Crippen molar-refractivity contribution in [1.82, 2.24) is 4.90 Å². The van der Waals surface area contributed by atoms with Gasteiger partial charge in [0.15, 0.2) is 0 Å². The predicted molar refractivity (Wildman–Crippen MR) is 106 cm³/mol. The maximum Gasteiger partial charge on any atom is 0.255 e. The number of nitrogens with zero attached hydrogens (tertiary/aromatic N) is 1. The van der Waals surface area contributed by atoms with E-state index in [1.807, 2.05) is 4.90 Å². The summed E-state index contributed by atoms with van der Waals surface area (Å²) >= 11 is 6.36. The lowest BCUT2D eigenvalue weighted by Gasteiger charge is -2.33. The molecule has 27 heavy (non-hydrogen) atoms. The molecule has 1 aromatic rings. The number of halogens is 1. The SMILES string of the molecule is CC1CCCCN1C(=O)c1ccc(NC(=O)C(N)C2CCOCC2)cc1Cl. The minimum atomic E-state index is -0.580. The lowest BCUT2D eigenvalue weighted by Crippen LogP contribution is -2.44. The summed E-state index contributed by atoms with van der Waals surface area (Å²) in [4.78, 5) is 27.1. The molecule has 148 valence electrons. The number of piperidine rings is 1. The Bertz CT molecular complexity index is 691. The van der Waals surface area contributed by atoms with Crippen LogP contribution in [-0.2, 0) is 9.53 Å². The standard InChI is InChI=1S/C20H28ClN3O3/c1-13-4-2-3-9-24(13)20(26)16-6-5-15(12-17(16)21)23-19(25)18(22)14-7-10-27-11-8-14/h5-6,12-14,18H,2-4,7-11,22H2,1H3,(H,23,25). The Kier molecular flexibility index (Phi) is 6.73. The van der Waals surface area contributed by atoms with Crippen LogP contribution in [-0.4, -0.2) is 48.6 Å². The minimum Gasteiger partial charge on any atom is -0.381 e. The van der Waals surface area contributed by atoms with Gasteiger partial charge in [0, 0.05) is 31.5 Å². The molecule has 0 saturated carbocycles. The van der Waals surface area contributed by atoms with Gasteiger partial charge in [-0.15, -0.1) is 0 Å². The van der Waals surface area contributed by atoms with Crippen molar-refractivity contribution < 1.29 is 14.3 Å². The zero-order valence-electron chi connectivity index (χ0n) is 15.7. The van der Waals surface area contributed by atoms with Crippen molar-refractivity contribution in [2.24, 2.45) is 11.7 Å². The Balaban J connectivity index is 1.65. The van der Waals surface area contributed by atoms with Crippen LogP contribution in [0.1, 0.15) is 49.4 Å². The van der Waals surface area contributed by atoms with Gasteiger partial charge in [0.2, 0.25) is 5.91 Å². The van der Waals surface area contributed by atoms with E-state index in [0.717, 1.165) is 38.6 Å². The maximum absolute atomic E-state index is 12.8. The van der Waals surface area contributed by atoms with Crippen molar-refractivity contribution in [1.29, 1.82) is 0 Å². The van der Waals surface area contributed by atoms with Crippen molar-refractivity contribution in [2.45, 2.75) is 51.1 Å². The van der Waals surface area contributed by atoms with Gasteiger partial charge in [-0.1, -0.05) is 11.6 Å². The van der Waals surface area contributed by atoms with Crippen LogP contribution in [0.4, 0.5) is 5.69 Å². The third-order valence-electron chi connectivity index (χ3n) is 5.61. The molecule has 2 atom stereocenters. The molecule has 2 aliphatic rings. The first-order valence-electron chi connectivity index (χ1n) is 9.72. The molecule has 0 radical (unpaired) electrons. The predicted octanol–water partition coefficient (Wildman–Crippen LogP) is 3.05. The Labute approximate surface area is 165 Å². The quantitative estimate of drug-likeness (QED) is 0.823. The number of carbonyl (C=O) groups excluding carboxylic acids is 2.